The van der Waals surface area contributed by atoms with Crippen LogP contribution in [0.5, 0.6) is 0 Å². The van der Waals surface area contributed by atoms with Crippen LogP contribution in [0.25, 0.3) is 49.0 Å². The largest absolute Gasteiger partial charge is 0.307 e. The lowest BCUT2D eigenvalue weighted by molar-refractivity contribution is -0.643. The Morgan fingerprint density at radius 1 is 0.833 bits per heavy atom. The molecule has 0 aliphatic rings. The van der Waals surface area contributed by atoms with Gasteiger partial charge in [0.05, 0.1) is 35.4 Å². The molecule has 6 aromatic rings. The first kappa shape index (κ1) is 17.9. The molecule has 2 nitrogen and oxygen atoms in total. The quantitative estimate of drug-likeness (QED) is 0.137. The number of aryl methyl sites for hydroxylation is 3. The van der Waals surface area contributed by atoms with Gasteiger partial charge in [-0.1, -0.05) is 61.2 Å². The molecule has 0 aliphatic carbocycles. The Balaban J connectivity index is 2.11. The number of para-hydroxylation sites is 1. The van der Waals surface area contributed by atoms with Gasteiger partial charge in [0.2, 0.25) is 5.52 Å². The Morgan fingerprint density at radius 2 is 1.60 bits per heavy atom. The van der Waals surface area contributed by atoms with E-state index in [1.807, 2.05) is 0 Å². The zero-order valence-corrected chi connectivity index (χ0v) is 19.6. The molecule has 0 radical (unpaired) electrons. The van der Waals surface area contributed by atoms with Crippen molar-refractivity contribution in [1.82, 2.24) is 4.40 Å². The van der Waals surface area contributed by atoms with Crippen molar-refractivity contribution < 1.29 is 4.57 Å². The van der Waals surface area contributed by atoms with Crippen LogP contribution in [-0.4, -0.2) is 12.5 Å². The molecule has 0 unspecified atom stereocenters. The van der Waals surface area contributed by atoms with Crippen LogP contribution in [0.2, 0.25) is 19.6 Å². The molecule has 3 aromatic heterocycles. The van der Waals surface area contributed by atoms with Gasteiger partial charge < -0.3 is 4.40 Å². The number of nitrogens with zero attached hydrogens (tertiary/aromatic N) is 2. The molecule has 30 heavy (non-hydrogen) atoms. The van der Waals surface area contributed by atoms with Gasteiger partial charge in [-0.25, -0.2) is 4.57 Å². The van der Waals surface area contributed by atoms with E-state index in [4.69, 9.17) is 0 Å². The number of aromatic nitrogens is 2. The number of fused-ring (bicyclic) bond motifs is 5. The highest BCUT2D eigenvalue weighted by Gasteiger charge is 2.28. The lowest BCUT2D eigenvalue weighted by atomic mass is 9.98. The molecule has 6 rings (SSSR count). The summed E-state index contributed by atoms with van der Waals surface area (Å²) in [4.78, 5) is 0. The molecule has 0 bridgehead atoms. The van der Waals surface area contributed by atoms with E-state index in [0.717, 1.165) is 0 Å². The van der Waals surface area contributed by atoms with Crippen molar-refractivity contribution in [3.05, 3.63) is 65.9 Å². The molecule has 0 atom stereocenters. The predicted octanol–water partition coefficient (Wildman–Crippen LogP) is 5.98. The van der Waals surface area contributed by atoms with Crippen LogP contribution in [0.4, 0.5) is 0 Å². The third-order valence-electron chi connectivity index (χ3n) is 6.97. The summed E-state index contributed by atoms with van der Waals surface area (Å²) in [5.74, 6) is 0. The monoisotopic (exact) mass is 407 g/mol. The zero-order chi connectivity index (χ0) is 20.9. The Labute approximate surface area is 177 Å². The molecule has 0 amide bonds. The molecule has 0 N–H and O–H groups in total. The first-order chi connectivity index (χ1) is 14.3. The fourth-order valence-electron chi connectivity index (χ4n) is 5.66. The van der Waals surface area contributed by atoms with Gasteiger partial charge in [0.1, 0.15) is 7.05 Å². The summed E-state index contributed by atoms with van der Waals surface area (Å²) < 4.78 is 4.89. The highest BCUT2D eigenvalue weighted by atomic mass is 28.3. The minimum atomic E-state index is -1.50. The van der Waals surface area contributed by atoms with E-state index in [1.54, 1.807) is 5.19 Å². The van der Waals surface area contributed by atoms with Gasteiger partial charge in [-0.3, -0.25) is 0 Å². The summed E-state index contributed by atoms with van der Waals surface area (Å²) in [7, 11) is 0.689. The minimum Gasteiger partial charge on any atom is -0.307 e. The fraction of sp³-hybridized carbons (Fsp3) is 0.222. The molecule has 0 aliphatic heterocycles. The van der Waals surface area contributed by atoms with Crippen molar-refractivity contribution in [1.29, 1.82) is 0 Å². The molecular formula is C27H27N2Si+. The molecule has 0 saturated carbocycles. The Kier molecular flexibility index (Phi) is 3.35. The van der Waals surface area contributed by atoms with Crippen molar-refractivity contribution in [3.8, 4) is 0 Å². The van der Waals surface area contributed by atoms with Crippen LogP contribution in [-0.2, 0) is 7.05 Å². The Bertz CT molecular complexity index is 1650. The molecule has 0 saturated heterocycles. The van der Waals surface area contributed by atoms with E-state index >= 15 is 0 Å². The van der Waals surface area contributed by atoms with Crippen LogP contribution in [0.15, 0.2) is 54.7 Å². The van der Waals surface area contributed by atoms with Gasteiger partial charge in [0.15, 0.2) is 6.20 Å². The summed E-state index contributed by atoms with van der Waals surface area (Å²) >= 11 is 0. The maximum absolute atomic E-state index is 2.57. The van der Waals surface area contributed by atoms with Gasteiger partial charge in [-0.05, 0) is 36.4 Å². The number of benzene rings is 3. The summed E-state index contributed by atoms with van der Waals surface area (Å²) in [6, 6.07) is 18.3. The van der Waals surface area contributed by atoms with Gasteiger partial charge in [-0.2, -0.15) is 0 Å². The second-order valence-electron chi connectivity index (χ2n) is 9.89. The van der Waals surface area contributed by atoms with E-state index in [2.05, 4.69) is 104 Å². The van der Waals surface area contributed by atoms with Gasteiger partial charge in [0.25, 0.3) is 0 Å². The third-order valence-corrected chi connectivity index (χ3v) is 9.10. The number of rotatable bonds is 1. The van der Waals surface area contributed by atoms with Crippen molar-refractivity contribution in [2.45, 2.75) is 33.5 Å². The van der Waals surface area contributed by atoms with Crippen LogP contribution >= 0.6 is 0 Å². The zero-order valence-electron chi connectivity index (χ0n) is 18.6. The average molecular weight is 408 g/mol. The number of hydrogen-bond donors (Lipinski definition) is 0. The molecule has 3 heterocycles. The summed E-state index contributed by atoms with van der Waals surface area (Å²) in [5.41, 5.74) is 8.21. The smallest absolute Gasteiger partial charge is 0.224 e. The second-order valence-corrected chi connectivity index (χ2v) is 14.9. The first-order valence-corrected chi connectivity index (χ1v) is 14.3. The SMILES string of the molecule is Cc1ccc2c3ccccc3n3c4c(C)c([Si](C)(C)C)cc5cc[n+](C)c(c1c23)c54. The summed E-state index contributed by atoms with van der Waals surface area (Å²) in [5, 5.41) is 8.39. The molecule has 148 valence electrons. The Hall–Kier alpha value is -2.91. The van der Waals surface area contributed by atoms with Gasteiger partial charge in [0, 0.05) is 16.8 Å². The predicted molar refractivity (Wildman–Crippen MR) is 132 cm³/mol. The standard InChI is InChI=1S/C27H27N2Si/c1-16-11-12-20-19-9-7-8-10-21(19)29-25-17(2)22(30(4,5)6)15-18-13-14-28(3)27(24(18)25)23(16)26(20)29/h7-15H,1-6H3/q+1. The maximum Gasteiger partial charge on any atom is 0.224 e. The minimum absolute atomic E-state index is 1.31. The maximum atomic E-state index is 2.57. The van der Waals surface area contributed by atoms with E-state index in [9.17, 15) is 0 Å². The summed E-state index contributed by atoms with van der Waals surface area (Å²) in [6.07, 6.45) is 2.24. The van der Waals surface area contributed by atoms with E-state index in [-0.39, 0.29) is 0 Å². The Morgan fingerprint density at radius 3 is 2.37 bits per heavy atom. The van der Waals surface area contributed by atoms with Crippen molar-refractivity contribution >= 4 is 62.3 Å². The highest BCUT2D eigenvalue weighted by molar-refractivity contribution is 6.89. The third kappa shape index (κ3) is 2.06. The second kappa shape index (κ2) is 5.61. The first-order valence-electron chi connectivity index (χ1n) is 10.8. The fourth-order valence-corrected chi connectivity index (χ4v) is 7.49. The van der Waals surface area contributed by atoms with Crippen LogP contribution in [0.1, 0.15) is 11.1 Å². The lowest BCUT2D eigenvalue weighted by Gasteiger charge is -2.23. The van der Waals surface area contributed by atoms with Crippen molar-refractivity contribution in [2.24, 2.45) is 7.05 Å². The molecular weight excluding hydrogens is 380 g/mol. The van der Waals surface area contributed by atoms with E-state index in [1.165, 1.54) is 60.1 Å². The molecule has 0 spiro atoms. The molecule has 3 heteroatoms. The van der Waals surface area contributed by atoms with Crippen LogP contribution in [0, 0.1) is 13.8 Å². The van der Waals surface area contributed by atoms with Crippen LogP contribution in [0.3, 0.4) is 0 Å². The normalized spacial score (nSPS) is 13.0. The van der Waals surface area contributed by atoms with Crippen LogP contribution < -0.4 is 9.75 Å². The molecule has 0 fully saturated rings. The van der Waals surface area contributed by atoms with Crippen molar-refractivity contribution in [2.75, 3.05) is 0 Å². The van der Waals surface area contributed by atoms with Crippen molar-refractivity contribution in [3.63, 3.8) is 0 Å². The topological polar surface area (TPSA) is 8.29 Å². The lowest BCUT2D eigenvalue weighted by Crippen LogP contribution is -2.40. The highest BCUT2D eigenvalue weighted by Crippen LogP contribution is 2.41. The van der Waals surface area contributed by atoms with E-state index in [0.29, 0.717) is 0 Å². The van der Waals surface area contributed by atoms with Gasteiger partial charge >= 0.3 is 0 Å². The molecule has 3 aromatic carbocycles. The average Bonchev–Trinajstić information content (AvgIpc) is 3.03. The number of pyridine rings is 2. The summed E-state index contributed by atoms with van der Waals surface area (Å²) in [6.45, 7) is 12.0. The van der Waals surface area contributed by atoms with E-state index < -0.39 is 8.07 Å². The number of hydrogen-bond acceptors (Lipinski definition) is 0. The van der Waals surface area contributed by atoms with Gasteiger partial charge in [-0.15, -0.1) is 0 Å².